The van der Waals surface area contributed by atoms with Gasteiger partial charge in [0.25, 0.3) is 0 Å². The van der Waals surface area contributed by atoms with Gasteiger partial charge in [0.1, 0.15) is 0 Å². The lowest BCUT2D eigenvalue weighted by molar-refractivity contribution is -0.137. The maximum Gasteiger partial charge on any atom is 0.223 e. The molecule has 0 rings (SSSR count). The van der Waals surface area contributed by atoms with Crippen LogP contribution in [0, 0.1) is 5.92 Å². The van der Waals surface area contributed by atoms with Crippen LogP contribution in [0.1, 0.15) is 78.1 Å². The Morgan fingerprint density at radius 1 is 0.867 bits per heavy atom. The molecule has 1 unspecified atom stereocenters. The maximum absolute atomic E-state index is 12.8. The Morgan fingerprint density at radius 2 is 1.53 bits per heavy atom. The van der Waals surface area contributed by atoms with Crippen molar-refractivity contribution in [1.29, 1.82) is 0 Å². The zero-order valence-electron chi connectivity index (χ0n) is 19.9. The summed E-state index contributed by atoms with van der Waals surface area (Å²) < 4.78 is 0. The van der Waals surface area contributed by atoms with Crippen LogP contribution in [-0.2, 0) is 9.59 Å². The molecule has 0 bridgehead atoms. The second-order valence-corrected chi connectivity index (χ2v) is 8.55. The number of amides is 1. The number of aliphatic hydroxyl groups excluding tert-OH is 2. The van der Waals surface area contributed by atoms with Crippen LogP contribution >= 0.6 is 0 Å². The highest BCUT2D eigenvalue weighted by Gasteiger charge is 2.24. The molecule has 1 atom stereocenters. The van der Waals surface area contributed by atoms with Crippen LogP contribution in [0.25, 0.3) is 0 Å². The van der Waals surface area contributed by atoms with Gasteiger partial charge in [0, 0.05) is 19.4 Å². The molecule has 0 aliphatic heterocycles. The van der Waals surface area contributed by atoms with Gasteiger partial charge in [0.05, 0.1) is 19.3 Å². The van der Waals surface area contributed by atoms with Crippen molar-refractivity contribution < 1.29 is 19.8 Å². The van der Waals surface area contributed by atoms with Gasteiger partial charge in [-0.3, -0.25) is 9.59 Å². The third-order valence-electron chi connectivity index (χ3n) is 5.65. The number of Topliss-reactive ketones (excluding diaryl/α,β-unsaturated/α-hetero) is 1. The van der Waals surface area contributed by atoms with E-state index in [0.717, 1.165) is 38.6 Å². The first-order valence-electron chi connectivity index (χ1n) is 11.7. The molecule has 0 heterocycles. The highest BCUT2D eigenvalue weighted by atomic mass is 16.3. The highest BCUT2D eigenvalue weighted by molar-refractivity contribution is 5.97. The predicted molar refractivity (Wildman–Crippen MR) is 123 cm³/mol. The summed E-state index contributed by atoms with van der Waals surface area (Å²) in [7, 11) is 3.92. The van der Waals surface area contributed by atoms with Gasteiger partial charge in [-0.25, -0.2) is 0 Å². The minimum atomic E-state index is -0.621. The Labute approximate surface area is 184 Å². The summed E-state index contributed by atoms with van der Waals surface area (Å²) in [5.74, 6) is -0.0265. The molecule has 176 valence electrons. The van der Waals surface area contributed by atoms with E-state index in [-0.39, 0.29) is 43.7 Å². The van der Waals surface area contributed by atoms with Crippen LogP contribution in [0.15, 0.2) is 12.2 Å². The summed E-state index contributed by atoms with van der Waals surface area (Å²) in [6.45, 7) is 9.05. The Hall–Kier alpha value is -1.24. The molecular weight excluding hydrogens is 380 g/mol. The monoisotopic (exact) mass is 426 g/mol. The van der Waals surface area contributed by atoms with Crippen molar-refractivity contribution in [2.75, 3.05) is 40.4 Å². The van der Waals surface area contributed by atoms with E-state index >= 15 is 0 Å². The Kier molecular flexibility index (Phi) is 16.7. The molecule has 0 aromatic carbocycles. The second-order valence-electron chi connectivity index (χ2n) is 8.55. The summed E-state index contributed by atoms with van der Waals surface area (Å²) in [4.78, 5) is 29.0. The molecule has 0 saturated carbocycles. The first-order valence-corrected chi connectivity index (χ1v) is 11.7. The first-order chi connectivity index (χ1) is 14.3. The molecule has 2 N–H and O–H groups in total. The topological polar surface area (TPSA) is 81.1 Å². The number of allylic oxidation sites excluding steroid dienone is 1. The van der Waals surface area contributed by atoms with Gasteiger partial charge in [-0.2, -0.15) is 0 Å². The van der Waals surface area contributed by atoms with Crippen molar-refractivity contribution in [2.24, 2.45) is 5.92 Å². The van der Waals surface area contributed by atoms with Crippen molar-refractivity contribution in [1.82, 2.24) is 9.80 Å². The summed E-state index contributed by atoms with van der Waals surface area (Å²) in [5.41, 5.74) is 0.654. The van der Waals surface area contributed by atoms with E-state index < -0.39 is 6.04 Å². The van der Waals surface area contributed by atoms with E-state index in [1.165, 1.54) is 24.2 Å². The van der Waals surface area contributed by atoms with Gasteiger partial charge < -0.3 is 20.0 Å². The number of rotatable bonds is 19. The van der Waals surface area contributed by atoms with Gasteiger partial charge in [0.2, 0.25) is 5.91 Å². The van der Waals surface area contributed by atoms with Crippen LogP contribution in [0.3, 0.4) is 0 Å². The molecule has 30 heavy (non-hydrogen) atoms. The second kappa shape index (κ2) is 17.4. The molecule has 6 heteroatoms. The molecule has 0 aliphatic rings. The summed E-state index contributed by atoms with van der Waals surface area (Å²) in [6.07, 6.45) is 8.62. The molecule has 6 nitrogen and oxygen atoms in total. The fourth-order valence-corrected chi connectivity index (χ4v) is 3.73. The number of carbonyl (C=O) groups is 2. The minimum absolute atomic E-state index is 0.0323. The summed E-state index contributed by atoms with van der Waals surface area (Å²) in [6, 6.07) is -0.621. The normalized spacial score (nSPS) is 12.4. The minimum Gasteiger partial charge on any atom is -0.394 e. The lowest BCUT2D eigenvalue weighted by atomic mass is 9.86. The molecule has 0 aliphatic carbocycles. The van der Waals surface area contributed by atoms with Crippen LogP contribution in [-0.4, -0.2) is 78.1 Å². The largest absolute Gasteiger partial charge is 0.394 e. The average molecular weight is 427 g/mol. The smallest absolute Gasteiger partial charge is 0.223 e. The standard InChI is InChI=1S/C24H46N2O4/c1-6-8-9-10-13-21(12-7-2)20(3)23(29)14-15-24(30)26(22(18-27)19-28)17-11-16-25(4)5/h21-22,27-28H,3,6-19H2,1-2,4-5H3. The molecule has 0 aromatic rings. The lowest BCUT2D eigenvalue weighted by Gasteiger charge is -2.30. The number of aliphatic hydroxyl groups is 2. The van der Waals surface area contributed by atoms with E-state index in [1.54, 1.807) is 0 Å². The van der Waals surface area contributed by atoms with Gasteiger partial charge in [-0.05, 0) is 51.4 Å². The molecule has 0 aromatic heterocycles. The zero-order chi connectivity index (χ0) is 22.9. The van der Waals surface area contributed by atoms with Crippen molar-refractivity contribution in [3.05, 3.63) is 12.2 Å². The molecule has 1 amide bonds. The molecule has 0 saturated heterocycles. The van der Waals surface area contributed by atoms with E-state index in [1.807, 2.05) is 19.0 Å². The highest BCUT2D eigenvalue weighted by Crippen LogP contribution is 2.25. The molecule has 0 spiro atoms. The van der Waals surface area contributed by atoms with Crippen molar-refractivity contribution in [3.63, 3.8) is 0 Å². The van der Waals surface area contributed by atoms with Crippen molar-refractivity contribution in [3.8, 4) is 0 Å². The fraction of sp³-hybridized carbons (Fsp3) is 0.833. The maximum atomic E-state index is 12.8. The average Bonchev–Trinajstić information content (AvgIpc) is 2.72. The van der Waals surface area contributed by atoms with Gasteiger partial charge in [0.15, 0.2) is 5.78 Å². The third kappa shape index (κ3) is 11.8. The molecular formula is C24H46N2O4. The SMILES string of the molecule is C=C(C(=O)CCC(=O)N(CCCN(C)C)C(CO)CO)C(CCC)CCCCCC. The Bertz CT molecular complexity index is 490. The Morgan fingerprint density at radius 3 is 2.07 bits per heavy atom. The van der Waals surface area contributed by atoms with Gasteiger partial charge >= 0.3 is 0 Å². The Balaban J connectivity index is 4.80. The van der Waals surface area contributed by atoms with Crippen LogP contribution in [0.5, 0.6) is 0 Å². The number of hydrogen-bond donors (Lipinski definition) is 2. The van der Waals surface area contributed by atoms with Crippen LogP contribution < -0.4 is 0 Å². The predicted octanol–water partition coefficient (Wildman–Crippen LogP) is 3.41. The van der Waals surface area contributed by atoms with Crippen molar-refractivity contribution >= 4 is 11.7 Å². The molecule has 0 fully saturated rings. The van der Waals surface area contributed by atoms with Gasteiger partial charge in [-0.15, -0.1) is 0 Å². The fourth-order valence-electron chi connectivity index (χ4n) is 3.73. The van der Waals surface area contributed by atoms with E-state index in [0.29, 0.717) is 12.1 Å². The van der Waals surface area contributed by atoms with E-state index in [4.69, 9.17) is 0 Å². The zero-order valence-corrected chi connectivity index (χ0v) is 19.9. The quantitative estimate of drug-likeness (QED) is 0.244. The van der Waals surface area contributed by atoms with E-state index in [2.05, 4.69) is 20.4 Å². The number of ketones is 1. The first kappa shape index (κ1) is 28.8. The number of hydrogen-bond acceptors (Lipinski definition) is 5. The van der Waals surface area contributed by atoms with Crippen LogP contribution in [0.2, 0.25) is 0 Å². The van der Waals surface area contributed by atoms with Crippen LogP contribution in [0.4, 0.5) is 0 Å². The third-order valence-corrected chi connectivity index (χ3v) is 5.65. The molecule has 0 radical (unpaired) electrons. The number of carbonyl (C=O) groups excluding carboxylic acids is 2. The summed E-state index contributed by atoms with van der Waals surface area (Å²) in [5, 5.41) is 19.1. The number of nitrogens with zero attached hydrogens (tertiary/aromatic N) is 2. The number of unbranched alkanes of at least 4 members (excludes halogenated alkanes) is 3. The van der Waals surface area contributed by atoms with E-state index in [9.17, 15) is 19.8 Å². The summed E-state index contributed by atoms with van der Waals surface area (Å²) >= 11 is 0. The lowest BCUT2D eigenvalue weighted by Crippen LogP contribution is -2.45. The van der Waals surface area contributed by atoms with Gasteiger partial charge in [-0.1, -0.05) is 52.5 Å². The van der Waals surface area contributed by atoms with Crippen molar-refractivity contribution in [2.45, 2.75) is 84.1 Å².